The van der Waals surface area contributed by atoms with Gasteiger partial charge in [-0.15, -0.1) is 6.58 Å². The second kappa shape index (κ2) is 10.6. The van der Waals surface area contributed by atoms with Crippen molar-refractivity contribution in [2.24, 2.45) is 5.92 Å². The first kappa shape index (κ1) is 15.8. The highest BCUT2D eigenvalue weighted by molar-refractivity contribution is 4.72. The summed E-state index contributed by atoms with van der Waals surface area (Å²) in [5.74, 6) is 1.04. The van der Waals surface area contributed by atoms with E-state index in [4.69, 9.17) is 0 Å². The molecule has 0 aromatic rings. The minimum absolute atomic E-state index is 0.760. The Labute approximate surface area is 114 Å². The highest BCUT2D eigenvalue weighted by Crippen LogP contribution is 2.28. The summed E-state index contributed by atoms with van der Waals surface area (Å²) in [6.07, 6.45) is 18.9. The lowest BCUT2D eigenvalue weighted by atomic mass is 9.85. The molecule has 0 spiro atoms. The third-order valence-electron chi connectivity index (χ3n) is 4.52. The Morgan fingerprint density at radius 1 is 1.11 bits per heavy atom. The van der Waals surface area contributed by atoms with E-state index < -0.39 is 0 Å². The van der Waals surface area contributed by atoms with E-state index in [0.717, 1.165) is 12.0 Å². The minimum Gasteiger partial charge on any atom is -0.317 e. The Morgan fingerprint density at radius 2 is 1.89 bits per heavy atom. The van der Waals surface area contributed by atoms with E-state index in [1.54, 1.807) is 0 Å². The van der Waals surface area contributed by atoms with E-state index >= 15 is 0 Å². The molecule has 1 saturated carbocycles. The Morgan fingerprint density at radius 3 is 2.56 bits per heavy atom. The Hall–Kier alpha value is -0.300. The normalized spacial score (nSPS) is 18.7. The molecule has 1 aliphatic carbocycles. The predicted octanol–water partition coefficient (Wildman–Crippen LogP) is 5.07. The molecule has 0 aliphatic heterocycles. The van der Waals surface area contributed by atoms with Crippen LogP contribution >= 0.6 is 0 Å². The first-order chi connectivity index (χ1) is 8.86. The van der Waals surface area contributed by atoms with Crippen molar-refractivity contribution in [2.75, 3.05) is 7.05 Å². The maximum absolute atomic E-state index is 3.78. The molecule has 0 amide bonds. The molecule has 1 atom stereocenters. The molecular formula is C17H33N. The maximum atomic E-state index is 3.78. The topological polar surface area (TPSA) is 12.0 Å². The SMILES string of the molecule is C=CCCCCCC(CCC1CCCCC1)NC. The average Bonchev–Trinajstić information content (AvgIpc) is 2.43. The van der Waals surface area contributed by atoms with Gasteiger partial charge >= 0.3 is 0 Å². The van der Waals surface area contributed by atoms with Gasteiger partial charge in [-0.25, -0.2) is 0 Å². The van der Waals surface area contributed by atoms with Gasteiger partial charge in [-0.2, -0.15) is 0 Å². The molecule has 1 aliphatic rings. The molecule has 0 heterocycles. The number of nitrogens with one attached hydrogen (secondary N) is 1. The first-order valence-corrected chi connectivity index (χ1v) is 8.15. The molecule has 1 nitrogen and oxygen atoms in total. The van der Waals surface area contributed by atoms with Gasteiger partial charge in [0, 0.05) is 6.04 Å². The van der Waals surface area contributed by atoms with Crippen molar-refractivity contribution in [3.05, 3.63) is 12.7 Å². The fourth-order valence-corrected chi connectivity index (χ4v) is 3.20. The molecule has 1 heteroatoms. The van der Waals surface area contributed by atoms with Crippen molar-refractivity contribution in [3.8, 4) is 0 Å². The molecule has 0 aromatic carbocycles. The van der Waals surface area contributed by atoms with E-state index in [1.165, 1.54) is 77.0 Å². The Kier molecular flexibility index (Phi) is 9.28. The summed E-state index contributed by atoms with van der Waals surface area (Å²) >= 11 is 0. The molecular weight excluding hydrogens is 218 g/mol. The largest absolute Gasteiger partial charge is 0.317 e. The molecule has 106 valence electrons. The van der Waals surface area contributed by atoms with Crippen molar-refractivity contribution in [1.29, 1.82) is 0 Å². The predicted molar refractivity (Wildman–Crippen MR) is 81.9 cm³/mol. The lowest BCUT2D eigenvalue weighted by Gasteiger charge is -2.24. The van der Waals surface area contributed by atoms with Crippen molar-refractivity contribution < 1.29 is 0 Å². The van der Waals surface area contributed by atoms with E-state index in [9.17, 15) is 0 Å². The van der Waals surface area contributed by atoms with Crippen LogP contribution in [-0.4, -0.2) is 13.1 Å². The third kappa shape index (κ3) is 7.20. The highest BCUT2D eigenvalue weighted by atomic mass is 14.9. The van der Waals surface area contributed by atoms with Crippen molar-refractivity contribution in [2.45, 2.75) is 83.1 Å². The van der Waals surface area contributed by atoms with Gasteiger partial charge in [0.2, 0.25) is 0 Å². The summed E-state index contributed by atoms with van der Waals surface area (Å²) in [6, 6.07) is 0.760. The Balaban J connectivity index is 2.03. The maximum Gasteiger partial charge on any atom is 0.00641 e. The Bertz CT molecular complexity index is 194. The number of rotatable bonds is 10. The minimum atomic E-state index is 0.760. The third-order valence-corrected chi connectivity index (χ3v) is 4.52. The fraction of sp³-hybridized carbons (Fsp3) is 0.882. The van der Waals surface area contributed by atoms with Gasteiger partial charge < -0.3 is 5.32 Å². The lowest BCUT2D eigenvalue weighted by molar-refractivity contribution is 0.310. The van der Waals surface area contributed by atoms with Gasteiger partial charge in [-0.05, 0) is 45.1 Å². The summed E-state index contributed by atoms with van der Waals surface area (Å²) in [6.45, 7) is 3.78. The van der Waals surface area contributed by atoms with Crippen LogP contribution in [0.4, 0.5) is 0 Å². The van der Waals surface area contributed by atoms with Crippen LogP contribution in [0.5, 0.6) is 0 Å². The first-order valence-electron chi connectivity index (χ1n) is 8.15. The number of unbranched alkanes of at least 4 members (excludes halogenated alkanes) is 3. The van der Waals surface area contributed by atoms with Gasteiger partial charge in [0.05, 0.1) is 0 Å². The van der Waals surface area contributed by atoms with E-state index in [0.29, 0.717) is 0 Å². The van der Waals surface area contributed by atoms with Crippen LogP contribution in [0, 0.1) is 5.92 Å². The van der Waals surface area contributed by atoms with Crippen LogP contribution in [0.2, 0.25) is 0 Å². The zero-order valence-corrected chi connectivity index (χ0v) is 12.4. The van der Waals surface area contributed by atoms with Crippen molar-refractivity contribution >= 4 is 0 Å². The molecule has 1 rings (SSSR count). The quantitative estimate of drug-likeness (QED) is 0.422. The fourth-order valence-electron chi connectivity index (χ4n) is 3.20. The van der Waals surface area contributed by atoms with Gasteiger partial charge in [0.1, 0.15) is 0 Å². The summed E-state index contributed by atoms with van der Waals surface area (Å²) in [5.41, 5.74) is 0. The molecule has 1 fully saturated rings. The summed E-state index contributed by atoms with van der Waals surface area (Å²) in [7, 11) is 2.13. The van der Waals surface area contributed by atoms with Crippen molar-refractivity contribution in [3.63, 3.8) is 0 Å². The lowest BCUT2D eigenvalue weighted by Crippen LogP contribution is -2.26. The van der Waals surface area contributed by atoms with E-state index in [1.807, 2.05) is 6.08 Å². The molecule has 0 saturated heterocycles. The van der Waals surface area contributed by atoms with Crippen LogP contribution in [0.3, 0.4) is 0 Å². The number of hydrogen-bond donors (Lipinski definition) is 1. The molecule has 0 bridgehead atoms. The van der Waals surface area contributed by atoms with Crippen molar-refractivity contribution in [1.82, 2.24) is 5.32 Å². The van der Waals surface area contributed by atoms with Crippen LogP contribution in [0.25, 0.3) is 0 Å². The van der Waals surface area contributed by atoms with Gasteiger partial charge in [-0.1, -0.05) is 51.0 Å². The van der Waals surface area contributed by atoms with Gasteiger partial charge in [0.25, 0.3) is 0 Å². The van der Waals surface area contributed by atoms with Crippen LogP contribution < -0.4 is 5.32 Å². The van der Waals surface area contributed by atoms with Crippen LogP contribution in [0.1, 0.15) is 77.0 Å². The molecule has 18 heavy (non-hydrogen) atoms. The van der Waals surface area contributed by atoms with E-state index in [-0.39, 0.29) is 0 Å². The molecule has 0 radical (unpaired) electrons. The zero-order chi connectivity index (χ0) is 13.1. The number of hydrogen-bond acceptors (Lipinski definition) is 1. The van der Waals surface area contributed by atoms with Gasteiger partial charge in [0.15, 0.2) is 0 Å². The molecule has 1 unspecified atom stereocenters. The highest BCUT2D eigenvalue weighted by Gasteiger charge is 2.15. The van der Waals surface area contributed by atoms with Crippen LogP contribution in [0.15, 0.2) is 12.7 Å². The van der Waals surface area contributed by atoms with Crippen LogP contribution in [-0.2, 0) is 0 Å². The summed E-state index contributed by atoms with van der Waals surface area (Å²) < 4.78 is 0. The number of allylic oxidation sites excluding steroid dienone is 1. The zero-order valence-electron chi connectivity index (χ0n) is 12.4. The molecule has 1 N–H and O–H groups in total. The summed E-state index contributed by atoms with van der Waals surface area (Å²) in [4.78, 5) is 0. The second-order valence-electron chi connectivity index (χ2n) is 5.99. The monoisotopic (exact) mass is 251 g/mol. The molecule has 0 aromatic heterocycles. The van der Waals surface area contributed by atoms with E-state index in [2.05, 4.69) is 18.9 Å². The summed E-state index contributed by atoms with van der Waals surface area (Å²) in [5, 5.41) is 3.51. The smallest absolute Gasteiger partial charge is 0.00641 e. The standard InChI is InChI=1S/C17H33N/c1-3-4-5-6-10-13-17(18-2)15-14-16-11-8-7-9-12-16/h3,16-18H,1,4-15H2,2H3. The van der Waals surface area contributed by atoms with Gasteiger partial charge in [-0.3, -0.25) is 0 Å². The average molecular weight is 251 g/mol. The second-order valence-corrected chi connectivity index (χ2v) is 5.99.